The van der Waals surface area contributed by atoms with E-state index in [4.69, 9.17) is 4.52 Å². The number of nitrogens with one attached hydrogen (secondary N) is 1. The summed E-state index contributed by atoms with van der Waals surface area (Å²) in [5.74, 6) is 1.91. The largest absolute Gasteiger partial charge is 0.387 e. The van der Waals surface area contributed by atoms with E-state index in [9.17, 15) is 9.90 Å². The quantitative estimate of drug-likeness (QED) is 0.811. The predicted molar refractivity (Wildman–Crippen MR) is 60.5 cm³/mol. The zero-order valence-corrected chi connectivity index (χ0v) is 9.84. The molecular weight excluding hydrogens is 228 g/mol. The number of aromatic nitrogens is 1. The second kappa shape index (κ2) is 4.47. The molecule has 2 heterocycles. The molecule has 0 aliphatic carbocycles. The Balaban J connectivity index is 1.88. The van der Waals surface area contributed by atoms with Crippen LogP contribution >= 0.6 is 11.8 Å². The van der Waals surface area contributed by atoms with Crippen molar-refractivity contribution in [2.45, 2.75) is 18.9 Å². The van der Waals surface area contributed by atoms with Gasteiger partial charge >= 0.3 is 0 Å². The molecule has 6 heteroatoms. The van der Waals surface area contributed by atoms with Gasteiger partial charge in [-0.3, -0.25) is 4.79 Å². The lowest BCUT2D eigenvalue weighted by molar-refractivity contribution is 0.0609. The molecule has 0 saturated carbocycles. The average Bonchev–Trinajstić information content (AvgIpc) is 2.85. The average molecular weight is 242 g/mol. The Morgan fingerprint density at radius 2 is 2.62 bits per heavy atom. The third kappa shape index (κ3) is 2.56. The highest BCUT2D eigenvalue weighted by Gasteiger charge is 2.32. The number of carbonyl (C=O) groups excluding carboxylic acids is 1. The molecule has 1 aliphatic heterocycles. The fraction of sp³-hybridized carbons (Fsp3) is 0.600. The van der Waals surface area contributed by atoms with E-state index in [1.54, 1.807) is 24.8 Å². The van der Waals surface area contributed by atoms with Crippen LogP contribution in [-0.2, 0) is 0 Å². The standard InChI is InChI=1S/C10H14N2O3S/c1-7-4-8(12-15-7)9(13)11-5-10(14)2-3-16-6-10/h4,14H,2-3,5-6H2,1H3,(H,11,13)/t10-/m0/s1. The van der Waals surface area contributed by atoms with E-state index in [1.807, 2.05) is 0 Å². The van der Waals surface area contributed by atoms with Crippen molar-refractivity contribution in [1.29, 1.82) is 0 Å². The zero-order valence-electron chi connectivity index (χ0n) is 9.02. The second-order valence-electron chi connectivity index (χ2n) is 4.03. The van der Waals surface area contributed by atoms with Crippen LogP contribution in [0.25, 0.3) is 0 Å². The molecule has 1 aromatic heterocycles. The van der Waals surface area contributed by atoms with Crippen molar-refractivity contribution in [3.8, 4) is 0 Å². The summed E-state index contributed by atoms with van der Waals surface area (Å²) in [5.41, 5.74) is -0.509. The van der Waals surface area contributed by atoms with E-state index in [1.165, 1.54) is 0 Å². The van der Waals surface area contributed by atoms with Crippen LogP contribution in [0, 0.1) is 6.92 Å². The number of thioether (sulfide) groups is 1. The molecule has 0 radical (unpaired) electrons. The molecule has 0 bridgehead atoms. The Labute approximate surface area is 97.6 Å². The van der Waals surface area contributed by atoms with Crippen molar-refractivity contribution in [2.24, 2.45) is 0 Å². The number of nitrogens with zero attached hydrogens (tertiary/aromatic N) is 1. The van der Waals surface area contributed by atoms with Gasteiger partial charge in [-0.05, 0) is 19.1 Å². The van der Waals surface area contributed by atoms with Gasteiger partial charge in [0, 0.05) is 18.4 Å². The van der Waals surface area contributed by atoms with E-state index in [-0.39, 0.29) is 18.1 Å². The molecule has 1 aromatic rings. The highest BCUT2D eigenvalue weighted by atomic mass is 32.2. The Hall–Kier alpha value is -1.01. The lowest BCUT2D eigenvalue weighted by Gasteiger charge is -2.20. The number of amides is 1. The summed E-state index contributed by atoms with van der Waals surface area (Å²) in [6.07, 6.45) is 0.718. The van der Waals surface area contributed by atoms with Gasteiger partial charge in [-0.25, -0.2) is 0 Å². The maximum absolute atomic E-state index is 11.6. The number of carbonyl (C=O) groups is 1. The van der Waals surface area contributed by atoms with Crippen molar-refractivity contribution in [1.82, 2.24) is 10.5 Å². The minimum Gasteiger partial charge on any atom is -0.387 e. The highest BCUT2D eigenvalue weighted by Crippen LogP contribution is 2.26. The van der Waals surface area contributed by atoms with E-state index < -0.39 is 5.60 Å². The van der Waals surface area contributed by atoms with E-state index in [0.717, 1.165) is 12.2 Å². The second-order valence-corrected chi connectivity index (χ2v) is 5.14. The summed E-state index contributed by atoms with van der Waals surface area (Å²) in [5, 5.41) is 16.3. The smallest absolute Gasteiger partial charge is 0.273 e. The molecule has 1 amide bonds. The van der Waals surface area contributed by atoms with Crippen LogP contribution in [0.5, 0.6) is 0 Å². The van der Waals surface area contributed by atoms with E-state index in [2.05, 4.69) is 10.5 Å². The van der Waals surface area contributed by atoms with Gasteiger partial charge in [0.15, 0.2) is 5.69 Å². The fourth-order valence-corrected chi connectivity index (χ4v) is 2.84. The van der Waals surface area contributed by atoms with Crippen LogP contribution in [0.2, 0.25) is 0 Å². The van der Waals surface area contributed by atoms with Crippen molar-refractivity contribution in [3.63, 3.8) is 0 Å². The monoisotopic (exact) mass is 242 g/mol. The molecule has 1 saturated heterocycles. The molecular formula is C10H14N2O3S. The van der Waals surface area contributed by atoms with Crippen LogP contribution in [0.15, 0.2) is 10.6 Å². The number of rotatable bonds is 3. The molecule has 1 fully saturated rings. The summed E-state index contributed by atoms with van der Waals surface area (Å²) >= 11 is 1.70. The van der Waals surface area contributed by atoms with Crippen molar-refractivity contribution < 1.29 is 14.4 Å². The normalized spacial score (nSPS) is 24.6. The predicted octanol–water partition coefficient (Wildman–Crippen LogP) is 0.581. The third-order valence-electron chi connectivity index (χ3n) is 2.52. The number of hydrogen-bond donors (Lipinski definition) is 2. The topological polar surface area (TPSA) is 75.4 Å². The third-order valence-corrected chi connectivity index (χ3v) is 3.76. The Bertz CT molecular complexity index is 385. The molecule has 0 aromatic carbocycles. The molecule has 5 nitrogen and oxygen atoms in total. The summed E-state index contributed by atoms with van der Waals surface area (Å²) in [4.78, 5) is 11.6. The Morgan fingerprint density at radius 1 is 1.81 bits per heavy atom. The number of hydrogen-bond acceptors (Lipinski definition) is 5. The van der Waals surface area contributed by atoms with Crippen molar-refractivity contribution >= 4 is 17.7 Å². The van der Waals surface area contributed by atoms with Gasteiger partial charge in [0.05, 0.1) is 5.60 Å². The molecule has 0 spiro atoms. The number of aryl methyl sites for hydroxylation is 1. The van der Waals surface area contributed by atoms with Crippen molar-refractivity contribution in [3.05, 3.63) is 17.5 Å². The molecule has 2 N–H and O–H groups in total. The molecule has 2 rings (SSSR count). The molecule has 1 aliphatic rings. The molecule has 0 unspecified atom stereocenters. The van der Waals surface area contributed by atoms with E-state index >= 15 is 0 Å². The fourth-order valence-electron chi connectivity index (χ4n) is 1.54. The van der Waals surface area contributed by atoms with Crippen molar-refractivity contribution in [2.75, 3.05) is 18.1 Å². The van der Waals surface area contributed by atoms with Crippen LogP contribution < -0.4 is 5.32 Å². The van der Waals surface area contributed by atoms with Gasteiger partial charge < -0.3 is 14.9 Å². The Kier molecular flexibility index (Phi) is 3.20. The molecule has 88 valence electrons. The minimum atomic E-state index is -0.765. The first-order valence-electron chi connectivity index (χ1n) is 5.11. The van der Waals surface area contributed by atoms with Crippen LogP contribution in [0.4, 0.5) is 0 Å². The lowest BCUT2D eigenvalue weighted by Crippen LogP contribution is -2.43. The lowest BCUT2D eigenvalue weighted by atomic mass is 10.0. The minimum absolute atomic E-state index is 0.256. The van der Waals surface area contributed by atoms with Gasteiger partial charge in [0.2, 0.25) is 0 Å². The first-order valence-corrected chi connectivity index (χ1v) is 6.26. The maximum Gasteiger partial charge on any atom is 0.273 e. The summed E-state index contributed by atoms with van der Waals surface area (Å²) in [7, 11) is 0. The van der Waals surface area contributed by atoms with E-state index in [0.29, 0.717) is 11.5 Å². The van der Waals surface area contributed by atoms with Crippen LogP contribution in [0.1, 0.15) is 22.7 Å². The van der Waals surface area contributed by atoms with Gasteiger partial charge in [0.25, 0.3) is 5.91 Å². The van der Waals surface area contributed by atoms with Gasteiger partial charge in [0.1, 0.15) is 5.76 Å². The van der Waals surface area contributed by atoms with Gasteiger partial charge in [-0.2, -0.15) is 11.8 Å². The first-order chi connectivity index (χ1) is 7.59. The molecule has 1 atom stereocenters. The highest BCUT2D eigenvalue weighted by molar-refractivity contribution is 7.99. The zero-order chi connectivity index (χ0) is 11.6. The van der Waals surface area contributed by atoms with Crippen LogP contribution in [-0.4, -0.2) is 39.8 Å². The summed E-state index contributed by atoms with van der Waals surface area (Å²) in [6, 6.07) is 1.57. The first kappa shape index (κ1) is 11.5. The maximum atomic E-state index is 11.6. The summed E-state index contributed by atoms with van der Waals surface area (Å²) in [6.45, 7) is 2.00. The Morgan fingerprint density at radius 3 is 3.19 bits per heavy atom. The number of aliphatic hydroxyl groups is 1. The van der Waals surface area contributed by atoms with Gasteiger partial charge in [-0.1, -0.05) is 5.16 Å². The summed E-state index contributed by atoms with van der Waals surface area (Å²) < 4.78 is 4.81. The van der Waals surface area contributed by atoms with Crippen LogP contribution in [0.3, 0.4) is 0 Å². The molecule has 16 heavy (non-hydrogen) atoms. The van der Waals surface area contributed by atoms with Gasteiger partial charge in [-0.15, -0.1) is 0 Å². The SMILES string of the molecule is Cc1cc(C(=O)NC[C@@]2(O)CCSC2)no1.